The Bertz CT molecular complexity index is 529. The summed E-state index contributed by atoms with van der Waals surface area (Å²) in [5.41, 5.74) is 2.42. The van der Waals surface area contributed by atoms with Crippen LogP contribution in [0.15, 0.2) is 17.8 Å². The van der Waals surface area contributed by atoms with Gasteiger partial charge in [-0.3, -0.25) is 4.79 Å². The van der Waals surface area contributed by atoms with Crippen LogP contribution in [-0.2, 0) is 0 Å². The first-order valence-corrected chi connectivity index (χ1v) is 6.22. The molecule has 0 fully saturated rings. The molecule has 2 rings (SSSR count). The average molecular weight is 250 g/mol. The Hall–Kier alpha value is -1.69. The summed E-state index contributed by atoms with van der Waals surface area (Å²) in [5.74, 6) is 0.574. The third-order valence-electron chi connectivity index (χ3n) is 2.35. The van der Waals surface area contributed by atoms with Gasteiger partial charge in [0.1, 0.15) is 10.7 Å². The van der Waals surface area contributed by atoms with Gasteiger partial charge in [-0.15, -0.1) is 11.3 Å². The highest BCUT2D eigenvalue weighted by atomic mass is 32.1. The molecule has 2 aromatic rings. The molecule has 0 bridgehead atoms. The van der Waals surface area contributed by atoms with Gasteiger partial charge in [-0.05, 0) is 20.8 Å². The van der Waals surface area contributed by atoms with Gasteiger partial charge in [0.25, 0.3) is 5.91 Å². The first-order chi connectivity index (χ1) is 8.09. The second-order valence-corrected chi connectivity index (χ2v) is 4.83. The zero-order valence-corrected chi connectivity index (χ0v) is 10.8. The molecule has 0 saturated heterocycles. The Balaban J connectivity index is 2.19. The van der Waals surface area contributed by atoms with Crippen LogP contribution in [0.1, 0.15) is 35.3 Å². The van der Waals surface area contributed by atoms with Gasteiger partial charge in [0.2, 0.25) is 0 Å². The van der Waals surface area contributed by atoms with Crippen molar-refractivity contribution in [2.45, 2.75) is 26.8 Å². The lowest BCUT2D eigenvalue weighted by Gasteiger charge is -2.11. The van der Waals surface area contributed by atoms with Crippen LogP contribution in [0.25, 0.3) is 0 Å². The Labute approximate surface area is 103 Å². The zero-order chi connectivity index (χ0) is 12.4. The lowest BCUT2D eigenvalue weighted by atomic mass is 10.3. The van der Waals surface area contributed by atoms with E-state index in [1.165, 1.54) is 11.3 Å². The maximum atomic E-state index is 12.0. The van der Waals surface area contributed by atoms with E-state index in [1.54, 1.807) is 22.5 Å². The Morgan fingerprint density at radius 2 is 2.29 bits per heavy atom. The molecule has 1 N–H and O–H groups in total. The number of thiazole rings is 1. The van der Waals surface area contributed by atoms with Gasteiger partial charge in [0.15, 0.2) is 0 Å². The van der Waals surface area contributed by atoms with Crippen LogP contribution in [-0.4, -0.2) is 20.7 Å². The molecule has 17 heavy (non-hydrogen) atoms. The van der Waals surface area contributed by atoms with E-state index in [-0.39, 0.29) is 11.9 Å². The molecule has 0 spiro atoms. The normalized spacial score (nSPS) is 10.8. The van der Waals surface area contributed by atoms with Crippen LogP contribution in [0.3, 0.4) is 0 Å². The molecule has 0 atom stereocenters. The second kappa shape index (κ2) is 4.67. The zero-order valence-electron chi connectivity index (χ0n) is 9.97. The highest BCUT2D eigenvalue weighted by Crippen LogP contribution is 2.17. The molecule has 2 aromatic heterocycles. The summed E-state index contributed by atoms with van der Waals surface area (Å²) >= 11 is 1.34. The largest absolute Gasteiger partial charge is 0.306 e. The third kappa shape index (κ3) is 2.36. The minimum Gasteiger partial charge on any atom is -0.306 e. The fourth-order valence-electron chi connectivity index (χ4n) is 1.52. The number of anilines is 1. The molecule has 0 aliphatic carbocycles. The number of carbonyl (C=O) groups is 1. The number of nitrogens with zero attached hydrogens (tertiary/aromatic N) is 3. The molecule has 0 saturated carbocycles. The number of nitrogens with one attached hydrogen (secondary N) is 1. The van der Waals surface area contributed by atoms with E-state index in [1.807, 2.05) is 20.8 Å². The van der Waals surface area contributed by atoms with Crippen molar-refractivity contribution < 1.29 is 4.79 Å². The van der Waals surface area contributed by atoms with Crippen molar-refractivity contribution in [3.8, 4) is 0 Å². The second-order valence-electron chi connectivity index (χ2n) is 3.98. The molecule has 1 amide bonds. The van der Waals surface area contributed by atoms with E-state index in [4.69, 9.17) is 0 Å². The summed E-state index contributed by atoms with van der Waals surface area (Å²) in [5, 5.41) is 7.01. The number of hydrogen-bond donors (Lipinski definition) is 1. The first-order valence-electron chi connectivity index (χ1n) is 5.34. The van der Waals surface area contributed by atoms with Crippen molar-refractivity contribution in [3.63, 3.8) is 0 Å². The maximum absolute atomic E-state index is 12.0. The molecule has 0 aromatic carbocycles. The van der Waals surface area contributed by atoms with Crippen molar-refractivity contribution in [3.05, 3.63) is 28.3 Å². The molecular weight excluding hydrogens is 236 g/mol. The van der Waals surface area contributed by atoms with Crippen molar-refractivity contribution >= 4 is 23.1 Å². The summed E-state index contributed by atoms with van der Waals surface area (Å²) in [6.45, 7) is 5.85. The van der Waals surface area contributed by atoms with E-state index in [9.17, 15) is 4.79 Å². The van der Waals surface area contributed by atoms with E-state index < -0.39 is 0 Å². The van der Waals surface area contributed by atoms with Crippen LogP contribution in [0.5, 0.6) is 0 Å². The monoisotopic (exact) mass is 250 g/mol. The summed E-state index contributed by atoms with van der Waals surface area (Å²) < 4.78 is 1.77. The van der Waals surface area contributed by atoms with Gasteiger partial charge in [-0.25, -0.2) is 9.67 Å². The third-order valence-corrected chi connectivity index (χ3v) is 3.28. The molecular formula is C11H14N4OS. The van der Waals surface area contributed by atoms with Crippen molar-refractivity contribution in [2.24, 2.45) is 0 Å². The average Bonchev–Trinajstić information content (AvgIpc) is 2.86. The smallest absolute Gasteiger partial charge is 0.268 e. The lowest BCUT2D eigenvalue weighted by Crippen LogP contribution is -2.16. The minimum absolute atomic E-state index is 0.132. The van der Waals surface area contributed by atoms with Gasteiger partial charge < -0.3 is 5.32 Å². The van der Waals surface area contributed by atoms with E-state index in [0.717, 1.165) is 5.69 Å². The number of hydrogen-bond acceptors (Lipinski definition) is 4. The SMILES string of the molecule is Cc1ncsc1C(=O)Nc1ccnn1C(C)C. The van der Waals surface area contributed by atoms with Gasteiger partial charge in [-0.1, -0.05) is 0 Å². The first kappa shape index (κ1) is 11.8. The fraction of sp³-hybridized carbons (Fsp3) is 0.364. The highest BCUT2D eigenvalue weighted by Gasteiger charge is 2.14. The molecule has 0 aliphatic rings. The molecule has 90 valence electrons. The number of aryl methyl sites for hydroxylation is 1. The van der Waals surface area contributed by atoms with Crippen molar-refractivity contribution in [1.82, 2.24) is 14.8 Å². The molecule has 0 unspecified atom stereocenters. The number of aromatic nitrogens is 3. The van der Waals surface area contributed by atoms with Gasteiger partial charge in [0, 0.05) is 12.1 Å². The maximum Gasteiger partial charge on any atom is 0.268 e. The fourth-order valence-corrected chi connectivity index (χ4v) is 2.22. The van der Waals surface area contributed by atoms with Crippen LogP contribution < -0.4 is 5.32 Å². The lowest BCUT2D eigenvalue weighted by molar-refractivity contribution is 0.102. The number of rotatable bonds is 3. The topological polar surface area (TPSA) is 59.8 Å². The van der Waals surface area contributed by atoms with Crippen molar-refractivity contribution in [1.29, 1.82) is 0 Å². The van der Waals surface area contributed by atoms with Gasteiger partial charge in [0.05, 0.1) is 17.4 Å². The van der Waals surface area contributed by atoms with E-state index >= 15 is 0 Å². The summed E-state index contributed by atoms with van der Waals surface area (Å²) in [6.07, 6.45) is 1.68. The molecule has 6 heteroatoms. The summed E-state index contributed by atoms with van der Waals surface area (Å²) in [7, 11) is 0. The van der Waals surface area contributed by atoms with Crippen LogP contribution >= 0.6 is 11.3 Å². The van der Waals surface area contributed by atoms with E-state index in [2.05, 4.69) is 15.4 Å². The minimum atomic E-state index is -0.132. The Morgan fingerprint density at radius 1 is 1.53 bits per heavy atom. The highest BCUT2D eigenvalue weighted by molar-refractivity contribution is 7.12. The predicted octanol–water partition coefficient (Wildman–Crippen LogP) is 2.48. The van der Waals surface area contributed by atoms with Crippen LogP contribution in [0, 0.1) is 6.92 Å². The predicted molar refractivity (Wildman–Crippen MR) is 67.4 cm³/mol. The standard InChI is InChI=1S/C11H14N4OS/c1-7(2)15-9(4-5-13-15)14-11(16)10-8(3)12-6-17-10/h4-7H,1-3H3,(H,14,16). The molecule has 5 nitrogen and oxygen atoms in total. The summed E-state index contributed by atoms with van der Waals surface area (Å²) in [6, 6.07) is 2.00. The van der Waals surface area contributed by atoms with Crippen molar-refractivity contribution in [2.75, 3.05) is 5.32 Å². The molecule has 0 radical (unpaired) electrons. The Kier molecular flexibility index (Phi) is 3.23. The molecule has 2 heterocycles. The number of carbonyl (C=O) groups excluding carboxylic acids is 1. The van der Waals surface area contributed by atoms with Gasteiger partial charge >= 0.3 is 0 Å². The number of amides is 1. The van der Waals surface area contributed by atoms with Gasteiger partial charge in [-0.2, -0.15) is 5.10 Å². The van der Waals surface area contributed by atoms with Crippen LogP contribution in [0.2, 0.25) is 0 Å². The Morgan fingerprint density at radius 3 is 2.88 bits per heavy atom. The quantitative estimate of drug-likeness (QED) is 0.910. The van der Waals surface area contributed by atoms with E-state index in [0.29, 0.717) is 10.7 Å². The van der Waals surface area contributed by atoms with Crippen LogP contribution in [0.4, 0.5) is 5.82 Å². The summed E-state index contributed by atoms with van der Waals surface area (Å²) in [4.78, 5) is 16.7. The molecule has 0 aliphatic heterocycles.